The topological polar surface area (TPSA) is 88.4 Å². The maximum atomic E-state index is 12.9. The number of esters is 1. The number of carbonyl (C=O) groups excluding carboxylic acids is 2. The number of ether oxygens (including phenoxy) is 2. The Labute approximate surface area is 162 Å². The van der Waals surface area contributed by atoms with Crippen LogP contribution in [0.4, 0.5) is 10.1 Å². The molecule has 0 aliphatic rings. The molecule has 0 spiro atoms. The molecule has 2 aromatic carbocycles. The lowest BCUT2D eigenvalue weighted by Crippen LogP contribution is -2.30. The third kappa shape index (κ3) is 5.95. The molecule has 0 radical (unpaired) electrons. The second-order valence-electron chi connectivity index (χ2n) is 5.72. The Bertz CT molecular complexity index is 899. The molecule has 1 atom stereocenters. The fraction of sp³-hybridized carbons (Fsp3) is 0.190. The summed E-state index contributed by atoms with van der Waals surface area (Å²) in [7, 11) is 0. The van der Waals surface area contributed by atoms with E-state index in [1.165, 1.54) is 37.3 Å². The third-order valence-corrected chi connectivity index (χ3v) is 3.61. The predicted molar refractivity (Wildman–Crippen MR) is 102 cm³/mol. The molecule has 0 saturated heterocycles. The van der Waals surface area contributed by atoms with Crippen LogP contribution in [-0.2, 0) is 14.3 Å². The van der Waals surface area contributed by atoms with Gasteiger partial charge in [0.05, 0.1) is 6.61 Å². The molecule has 144 valence electrons. The summed E-state index contributed by atoms with van der Waals surface area (Å²) in [5.74, 6) is -1.28. The molecular weight excluding hydrogens is 363 g/mol. The van der Waals surface area contributed by atoms with E-state index in [2.05, 4.69) is 5.32 Å². The van der Waals surface area contributed by atoms with Gasteiger partial charge in [-0.3, -0.25) is 4.79 Å². The molecule has 0 aromatic heterocycles. The molecule has 6 nitrogen and oxygen atoms in total. The number of benzene rings is 2. The number of hydrogen-bond acceptors (Lipinski definition) is 5. The Morgan fingerprint density at radius 1 is 1.18 bits per heavy atom. The minimum Gasteiger partial charge on any atom is -0.494 e. The van der Waals surface area contributed by atoms with Crippen LogP contribution in [0.15, 0.2) is 54.1 Å². The highest BCUT2D eigenvalue weighted by Gasteiger charge is 2.20. The molecular formula is C21H19FN2O4. The summed E-state index contributed by atoms with van der Waals surface area (Å²) in [4.78, 5) is 24.3. The van der Waals surface area contributed by atoms with Crippen LogP contribution in [0, 0.1) is 17.1 Å². The van der Waals surface area contributed by atoms with Crippen molar-refractivity contribution in [1.82, 2.24) is 0 Å². The summed E-state index contributed by atoms with van der Waals surface area (Å²) in [6, 6.07) is 13.7. The molecule has 7 heteroatoms. The Morgan fingerprint density at radius 3 is 2.39 bits per heavy atom. The minimum atomic E-state index is -1.14. The van der Waals surface area contributed by atoms with Gasteiger partial charge in [-0.25, -0.2) is 9.18 Å². The van der Waals surface area contributed by atoms with E-state index in [9.17, 15) is 19.2 Å². The summed E-state index contributed by atoms with van der Waals surface area (Å²) in [5, 5.41) is 11.7. The normalized spacial score (nSPS) is 11.9. The molecule has 0 aliphatic carbocycles. The Hall–Kier alpha value is -3.66. The van der Waals surface area contributed by atoms with Crippen LogP contribution in [0.2, 0.25) is 0 Å². The van der Waals surface area contributed by atoms with Gasteiger partial charge in [0.1, 0.15) is 23.2 Å². The summed E-state index contributed by atoms with van der Waals surface area (Å²) < 4.78 is 23.3. The van der Waals surface area contributed by atoms with Gasteiger partial charge in [0, 0.05) is 5.69 Å². The predicted octanol–water partition coefficient (Wildman–Crippen LogP) is 3.70. The first kappa shape index (κ1) is 20.6. The van der Waals surface area contributed by atoms with Crippen molar-refractivity contribution in [3.63, 3.8) is 0 Å². The highest BCUT2D eigenvalue weighted by molar-refractivity contribution is 6.01. The highest BCUT2D eigenvalue weighted by Crippen LogP contribution is 2.16. The zero-order valence-electron chi connectivity index (χ0n) is 15.4. The lowest BCUT2D eigenvalue weighted by Gasteiger charge is -2.13. The van der Waals surface area contributed by atoms with E-state index in [0.717, 1.165) is 0 Å². The van der Waals surface area contributed by atoms with Crippen molar-refractivity contribution < 1.29 is 23.5 Å². The van der Waals surface area contributed by atoms with Crippen LogP contribution in [-0.4, -0.2) is 24.6 Å². The number of halogens is 1. The van der Waals surface area contributed by atoms with Gasteiger partial charge in [0.25, 0.3) is 5.91 Å². The Morgan fingerprint density at radius 2 is 1.82 bits per heavy atom. The van der Waals surface area contributed by atoms with E-state index in [1.54, 1.807) is 30.3 Å². The average molecular weight is 382 g/mol. The molecule has 0 saturated carbocycles. The van der Waals surface area contributed by atoms with Crippen LogP contribution in [0.5, 0.6) is 5.75 Å². The molecule has 0 heterocycles. The Balaban J connectivity index is 2.00. The van der Waals surface area contributed by atoms with Gasteiger partial charge in [-0.2, -0.15) is 5.26 Å². The molecule has 0 unspecified atom stereocenters. The second kappa shape index (κ2) is 9.88. The molecule has 0 aliphatic heterocycles. The van der Waals surface area contributed by atoms with Gasteiger partial charge >= 0.3 is 5.97 Å². The standard InChI is InChI=1S/C21H19FN2O4/c1-3-27-19-10-4-15(5-11-19)12-16(13-23)21(26)28-14(2)20(25)24-18-8-6-17(22)7-9-18/h4-12,14H,3H2,1-2H3,(H,24,25)/b16-12+/t14-/m0/s1. The summed E-state index contributed by atoms with van der Waals surface area (Å²) in [5.41, 5.74) is 0.727. The number of nitriles is 1. The van der Waals surface area contributed by atoms with Crippen molar-refractivity contribution in [2.45, 2.75) is 20.0 Å². The summed E-state index contributed by atoms with van der Waals surface area (Å²) in [6.45, 7) is 3.77. The van der Waals surface area contributed by atoms with Crippen LogP contribution in [0.25, 0.3) is 6.08 Å². The quantitative estimate of drug-likeness (QED) is 0.448. The SMILES string of the molecule is CCOc1ccc(/C=C(\C#N)C(=O)O[C@@H](C)C(=O)Nc2ccc(F)cc2)cc1. The van der Waals surface area contributed by atoms with Gasteiger partial charge in [-0.15, -0.1) is 0 Å². The van der Waals surface area contributed by atoms with Crippen molar-refractivity contribution in [2.75, 3.05) is 11.9 Å². The number of anilines is 1. The van der Waals surface area contributed by atoms with Gasteiger partial charge in [-0.1, -0.05) is 12.1 Å². The first-order valence-corrected chi connectivity index (χ1v) is 8.55. The molecule has 1 amide bonds. The molecule has 2 rings (SSSR count). The first-order chi connectivity index (χ1) is 13.4. The zero-order valence-corrected chi connectivity index (χ0v) is 15.4. The zero-order chi connectivity index (χ0) is 20.5. The number of nitrogens with zero attached hydrogens (tertiary/aromatic N) is 1. The van der Waals surface area contributed by atoms with Crippen LogP contribution in [0.1, 0.15) is 19.4 Å². The van der Waals surface area contributed by atoms with Gasteiger partial charge in [0.15, 0.2) is 6.10 Å². The fourth-order valence-corrected chi connectivity index (χ4v) is 2.19. The van der Waals surface area contributed by atoms with Gasteiger partial charge in [-0.05, 0) is 61.9 Å². The lowest BCUT2D eigenvalue weighted by atomic mass is 10.1. The van der Waals surface area contributed by atoms with Crippen LogP contribution in [0.3, 0.4) is 0 Å². The van der Waals surface area contributed by atoms with E-state index in [1.807, 2.05) is 6.92 Å². The van der Waals surface area contributed by atoms with Crippen LogP contribution < -0.4 is 10.1 Å². The van der Waals surface area contributed by atoms with Crippen LogP contribution >= 0.6 is 0 Å². The van der Waals surface area contributed by atoms with E-state index in [4.69, 9.17) is 9.47 Å². The van der Waals surface area contributed by atoms with Gasteiger partial charge < -0.3 is 14.8 Å². The van der Waals surface area contributed by atoms with Crippen molar-refractivity contribution in [1.29, 1.82) is 5.26 Å². The second-order valence-corrected chi connectivity index (χ2v) is 5.72. The molecule has 28 heavy (non-hydrogen) atoms. The number of rotatable bonds is 7. The van der Waals surface area contributed by atoms with Crippen molar-refractivity contribution in [2.24, 2.45) is 0 Å². The largest absolute Gasteiger partial charge is 0.494 e. The molecule has 1 N–H and O–H groups in total. The maximum Gasteiger partial charge on any atom is 0.349 e. The van der Waals surface area contributed by atoms with E-state index >= 15 is 0 Å². The van der Waals surface area contributed by atoms with Crippen molar-refractivity contribution in [3.05, 3.63) is 65.5 Å². The van der Waals surface area contributed by atoms with E-state index in [-0.39, 0.29) is 5.57 Å². The van der Waals surface area contributed by atoms with E-state index < -0.39 is 23.8 Å². The minimum absolute atomic E-state index is 0.245. The summed E-state index contributed by atoms with van der Waals surface area (Å²) in [6.07, 6.45) is 0.220. The molecule has 2 aromatic rings. The lowest BCUT2D eigenvalue weighted by molar-refractivity contribution is -0.148. The smallest absolute Gasteiger partial charge is 0.349 e. The molecule has 0 bridgehead atoms. The van der Waals surface area contributed by atoms with E-state index in [0.29, 0.717) is 23.6 Å². The first-order valence-electron chi connectivity index (χ1n) is 8.55. The number of carbonyl (C=O) groups is 2. The fourth-order valence-electron chi connectivity index (χ4n) is 2.19. The number of nitrogens with one attached hydrogen (secondary N) is 1. The number of hydrogen-bond donors (Lipinski definition) is 1. The van der Waals surface area contributed by atoms with Crippen molar-refractivity contribution >= 4 is 23.6 Å². The Kier molecular flexibility index (Phi) is 7.28. The highest BCUT2D eigenvalue weighted by atomic mass is 19.1. The number of amides is 1. The monoisotopic (exact) mass is 382 g/mol. The third-order valence-electron chi connectivity index (χ3n) is 3.61. The molecule has 0 fully saturated rings. The average Bonchev–Trinajstić information content (AvgIpc) is 2.69. The summed E-state index contributed by atoms with van der Waals surface area (Å²) >= 11 is 0. The maximum absolute atomic E-state index is 12.9. The van der Waals surface area contributed by atoms with Crippen molar-refractivity contribution in [3.8, 4) is 11.8 Å². The van der Waals surface area contributed by atoms with Gasteiger partial charge in [0.2, 0.25) is 0 Å².